The van der Waals surface area contributed by atoms with Gasteiger partial charge in [0.2, 0.25) is 0 Å². The summed E-state index contributed by atoms with van der Waals surface area (Å²) in [5.41, 5.74) is 9.51. The number of ether oxygens (including phenoxy) is 2. The number of carbonyl (C=O) groups excluding carboxylic acids is 1. The van der Waals surface area contributed by atoms with Crippen LogP contribution in [0.3, 0.4) is 0 Å². The lowest BCUT2D eigenvalue weighted by molar-refractivity contribution is -0.139. The molecule has 5 rings (SSSR count). The molecule has 2 aliphatic rings. The molecule has 1 atom stereocenters. The molecule has 0 saturated carbocycles. The molecule has 47 heavy (non-hydrogen) atoms. The number of unbranched alkanes of at least 4 members (excludes halogenated alkanes) is 1. The molecular formula is C35H42N4O7S. The number of sulfonamides is 1. The first-order chi connectivity index (χ1) is 22.3. The summed E-state index contributed by atoms with van der Waals surface area (Å²) >= 11 is 0. The summed E-state index contributed by atoms with van der Waals surface area (Å²) < 4.78 is 38.0. The van der Waals surface area contributed by atoms with Gasteiger partial charge in [0.05, 0.1) is 11.2 Å². The minimum absolute atomic E-state index is 0.0927. The maximum Gasteiger partial charge on any atom is 0.407 e. The number of hydrogen-bond donors (Lipinski definition) is 4. The maximum atomic E-state index is 13.2. The van der Waals surface area contributed by atoms with Crippen molar-refractivity contribution in [2.45, 2.75) is 82.8 Å². The molecule has 1 aliphatic heterocycles. The van der Waals surface area contributed by atoms with E-state index in [1.54, 1.807) is 13.8 Å². The number of aliphatic carboxylic acids is 1. The third-order valence-electron chi connectivity index (χ3n) is 8.87. The van der Waals surface area contributed by atoms with E-state index in [4.69, 9.17) is 9.47 Å². The number of amides is 1. The van der Waals surface area contributed by atoms with E-state index in [0.29, 0.717) is 36.9 Å². The first-order valence-corrected chi connectivity index (χ1v) is 17.2. The van der Waals surface area contributed by atoms with Crippen LogP contribution in [0.1, 0.15) is 72.4 Å². The zero-order valence-electron chi connectivity index (χ0n) is 27.3. The fourth-order valence-electron chi connectivity index (χ4n) is 6.50. The molecule has 1 aliphatic carbocycles. The molecule has 12 heteroatoms. The van der Waals surface area contributed by atoms with Gasteiger partial charge in [-0.1, -0.05) is 48.5 Å². The highest BCUT2D eigenvalue weighted by Crippen LogP contribution is 2.45. The molecule has 0 bridgehead atoms. The molecule has 0 aromatic heterocycles. The number of hydrazine groups is 1. The van der Waals surface area contributed by atoms with Crippen LogP contribution >= 0.6 is 0 Å². The highest BCUT2D eigenvalue weighted by Gasteiger charge is 2.36. The predicted molar refractivity (Wildman–Crippen MR) is 179 cm³/mol. The second-order valence-corrected chi connectivity index (χ2v) is 14.3. The van der Waals surface area contributed by atoms with Gasteiger partial charge in [0, 0.05) is 24.4 Å². The van der Waals surface area contributed by atoms with Crippen molar-refractivity contribution in [2.75, 3.05) is 13.2 Å². The lowest BCUT2D eigenvalue weighted by Crippen LogP contribution is -2.41. The number of rotatable bonds is 13. The smallest absolute Gasteiger partial charge is 0.407 e. The second-order valence-electron chi connectivity index (χ2n) is 12.7. The highest BCUT2D eigenvalue weighted by molar-refractivity contribution is 7.89. The van der Waals surface area contributed by atoms with Crippen molar-refractivity contribution >= 4 is 28.4 Å². The number of fused-ring (bicyclic) bond motifs is 4. The summed E-state index contributed by atoms with van der Waals surface area (Å²) in [4.78, 5) is 31.2. The number of hydrogen-bond acceptors (Lipinski definition) is 7. The van der Waals surface area contributed by atoms with Gasteiger partial charge in [-0.2, -0.15) is 0 Å². The minimum atomic E-state index is -3.90. The van der Waals surface area contributed by atoms with Gasteiger partial charge >= 0.3 is 12.1 Å². The van der Waals surface area contributed by atoms with Crippen molar-refractivity contribution in [3.8, 4) is 16.9 Å². The summed E-state index contributed by atoms with van der Waals surface area (Å²) in [6, 6.07) is 14.8. The summed E-state index contributed by atoms with van der Waals surface area (Å²) in [6.45, 7) is 9.82. The molecule has 4 N–H and O–H groups in total. The van der Waals surface area contributed by atoms with Crippen LogP contribution in [-0.2, 0) is 26.0 Å². The molecule has 250 valence electrons. The molecule has 3 aromatic rings. The van der Waals surface area contributed by atoms with Crippen LogP contribution < -0.4 is 20.3 Å². The summed E-state index contributed by atoms with van der Waals surface area (Å²) in [7, 11) is -3.90. The first kappa shape index (κ1) is 33.9. The number of carboxylic acids is 1. The zero-order chi connectivity index (χ0) is 33.9. The molecule has 0 spiro atoms. The van der Waals surface area contributed by atoms with Gasteiger partial charge in [-0.15, -0.1) is 4.83 Å². The minimum Gasteiger partial charge on any atom is -0.487 e. The highest BCUT2D eigenvalue weighted by atomic mass is 32.2. The molecular weight excluding hydrogens is 620 g/mol. The van der Waals surface area contributed by atoms with Crippen LogP contribution in [0.25, 0.3) is 11.1 Å². The molecule has 0 radical (unpaired) electrons. The van der Waals surface area contributed by atoms with E-state index in [-0.39, 0.29) is 23.8 Å². The van der Waals surface area contributed by atoms with Crippen LogP contribution in [-0.4, -0.2) is 56.7 Å². The number of carbonyl (C=O) groups is 2. The van der Waals surface area contributed by atoms with Crippen molar-refractivity contribution in [3.05, 3.63) is 81.9 Å². The number of aliphatic imine (C=N–C) groups is 1. The number of nitrogens with one attached hydrogen (secondary N) is 3. The molecule has 1 amide bonds. The summed E-state index contributed by atoms with van der Waals surface area (Å²) in [6.07, 6.45) is 2.28. The SMILES string of the molecule is Cc1c(C)c(S(=O)(=O)NNC=NCCCC[C@H](NC(=O)OCC2c3ccccc3-c3ccccc32)C(=O)O)c(C)c2c1OC(C)(C)C2. The van der Waals surface area contributed by atoms with E-state index in [1.165, 1.54) is 6.34 Å². The van der Waals surface area contributed by atoms with E-state index >= 15 is 0 Å². The number of alkyl carbamates (subject to hydrolysis) is 1. The van der Waals surface area contributed by atoms with Crippen LogP contribution in [0.4, 0.5) is 4.79 Å². The Morgan fingerprint density at radius 2 is 1.66 bits per heavy atom. The molecule has 0 fully saturated rings. The Hall–Kier alpha value is -4.42. The third kappa shape index (κ3) is 7.28. The van der Waals surface area contributed by atoms with Gasteiger partial charge in [0.25, 0.3) is 10.0 Å². The maximum absolute atomic E-state index is 13.2. The van der Waals surface area contributed by atoms with Gasteiger partial charge < -0.3 is 19.9 Å². The van der Waals surface area contributed by atoms with Crippen molar-refractivity contribution in [3.63, 3.8) is 0 Å². The Labute approximate surface area is 275 Å². The van der Waals surface area contributed by atoms with E-state index in [9.17, 15) is 23.1 Å². The molecule has 3 aromatic carbocycles. The zero-order valence-corrected chi connectivity index (χ0v) is 28.2. The van der Waals surface area contributed by atoms with Crippen LogP contribution in [0.15, 0.2) is 58.4 Å². The Kier molecular flexibility index (Phi) is 9.92. The fourth-order valence-corrected chi connectivity index (χ4v) is 7.90. The van der Waals surface area contributed by atoms with E-state index in [2.05, 4.69) is 20.6 Å². The molecule has 0 unspecified atom stereocenters. The second kappa shape index (κ2) is 13.7. The number of nitrogens with zero attached hydrogens (tertiary/aromatic N) is 1. The van der Waals surface area contributed by atoms with Crippen molar-refractivity contribution in [1.29, 1.82) is 0 Å². The first-order valence-electron chi connectivity index (χ1n) is 15.7. The molecule has 0 saturated heterocycles. The molecule has 11 nitrogen and oxygen atoms in total. The van der Waals surface area contributed by atoms with Gasteiger partial charge in [-0.3, -0.25) is 10.4 Å². The number of benzene rings is 3. The number of carboxylic acid groups (broad SMARTS) is 1. The van der Waals surface area contributed by atoms with Gasteiger partial charge in [0.15, 0.2) is 0 Å². The van der Waals surface area contributed by atoms with Crippen molar-refractivity contribution < 1.29 is 32.6 Å². The van der Waals surface area contributed by atoms with Crippen LogP contribution in [0.5, 0.6) is 5.75 Å². The van der Waals surface area contributed by atoms with E-state index < -0.39 is 33.7 Å². The monoisotopic (exact) mass is 662 g/mol. The van der Waals surface area contributed by atoms with E-state index in [0.717, 1.165) is 39.1 Å². The standard InChI is InChI=1S/C35H42N4O7S/c1-21-22(2)32(23(3)28-18-35(4,5)46-31(21)28)47(43,44)39-37-20-36-17-11-10-16-30(33(40)41)38-34(42)45-19-29-26-14-8-6-12-24(26)25-13-7-9-15-27(25)29/h6-9,12-15,20,29-30,39H,10-11,16-19H2,1-5H3,(H,36,37)(H,38,42)(H,40,41)/t30-/m0/s1. The summed E-state index contributed by atoms with van der Waals surface area (Å²) in [5, 5.41) is 12.1. The van der Waals surface area contributed by atoms with Gasteiger partial charge in [0.1, 0.15) is 24.0 Å². The third-order valence-corrected chi connectivity index (χ3v) is 10.4. The lowest BCUT2D eigenvalue weighted by atomic mass is 9.94. The van der Waals surface area contributed by atoms with Gasteiger partial charge in [-0.25, -0.2) is 18.0 Å². The lowest BCUT2D eigenvalue weighted by Gasteiger charge is -2.19. The van der Waals surface area contributed by atoms with Crippen LogP contribution in [0.2, 0.25) is 0 Å². The largest absolute Gasteiger partial charge is 0.487 e. The van der Waals surface area contributed by atoms with E-state index in [1.807, 2.05) is 69.3 Å². The average molecular weight is 663 g/mol. The average Bonchev–Trinajstić information content (AvgIpc) is 3.53. The van der Waals surface area contributed by atoms with Crippen molar-refractivity contribution in [2.24, 2.45) is 4.99 Å². The van der Waals surface area contributed by atoms with Crippen LogP contribution in [0, 0.1) is 20.8 Å². The Morgan fingerprint density at radius 3 is 2.30 bits per heavy atom. The normalized spacial score (nSPS) is 15.4. The fraction of sp³-hybridized carbons (Fsp3) is 0.400. The predicted octanol–water partition coefficient (Wildman–Crippen LogP) is 5.30. The molecule has 1 heterocycles. The van der Waals surface area contributed by atoms with Crippen molar-refractivity contribution in [1.82, 2.24) is 15.6 Å². The Morgan fingerprint density at radius 1 is 1.02 bits per heavy atom. The Balaban J connectivity index is 1.06. The summed E-state index contributed by atoms with van der Waals surface area (Å²) in [5.74, 6) is -0.516. The Bertz CT molecular complexity index is 1770. The quantitative estimate of drug-likeness (QED) is 0.0832. The van der Waals surface area contributed by atoms with Gasteiger partial charge in [-0.05, 0) is 92.8 Å². The topological polar surface area (TPSA) is 155 Å².